The van der Waals surface area contributed by atoms with E-state index in [2.05, 4.69) is 54.3 Å². The van der Waals surface area contributed by atoms with Gasteiger partial charge in [0.25, 0.3) is 0 Å². The Morgan fingerprint density at radius 1 is 0.688 bits per heavy atom. The maximum Gasteiger partial charge on any atom is 0.244 e. The van der Waals surface area contributed by atoms with E-state index >= 15 is 0 Å². The molecule has 9 rings (SSSR count). The van der Waals surface area contributed by atoms with Crippen molar-refractivity contribution in [2.45, 2.75) is 45.3 Å². The highest BCUT2D eigenvalue weighted by molar-refractivity contribution is 6.31. The molecule has 0 fully saturated rings. The number of carbonyl (C=O) groups is 2. The van der Waals surface area contributed by atoms with Crippen molar-refractivity contribution < 1.29 is 9.59 Å². The van der Waals surface area contributed by atoms with Gasteiger partial charge in [-0.15, -0.1) is 5.10 Å². The van der Waals surface area contributed by atoms with Crippen LogP contribution in [0.1, 0.15) is 44.6 Å². The van der Waals surface area contributed by atoms with Gasteiger partial charge in [-0.3, -0.25) is 14.6 Å². The molecule has 7 aromatic rings. The third-order valence-electron chi connectivity index (χ3n) is 10.7. The van der Waals surface area contributed by atoms with Crippen molar-refractivity contribution in [3.8, 4) is 34.5 Å². The lowest BCUT2D eigenvalue weighted by Crippen LogP contribution is -2.30. The van der Waals surface area contributed by atoms with Gasteiger partial charge in [0.2, 0.25) is 11.8 Å². The Morgan fingerprint density at radius 2 is 1.28 bits per heavy atom. The van der Waals surface area contributed by atoms with Crippen molar-refractivity contribution >= 4 is 35.0 Å². The molecule has 320 valence electrons. The van der Waals surface area contributed by atoms with E-state index in [0.29, 0.717) is 18.1 Å². The monoisotopic (exact) mass is 886 g/mol. The SMILES string of the molecule is CN(Cc1ccccc1)C(=O)CN=[N+]=[N-].CN(Cc1ccccc1)C(=O)Cn1nnc2c1-c1ncccc1CCc1cc(Cl)ccc1-2.Clc1ccc2c(c1)CCc1cccnc1C#C2. The first-order chi connectivity index (χ1) is 31.2. The fraction of sp³-hybridized carbons (Fsp3) is 0.200. The standard InChI is InChI=1S/C25H22ClN5O.C15H10ClN.C10H12N4O/c1-30(15-17-6-3-2-4-7-17)22(32)16-31-25-23-18(8-5-13-27-23)9-10-19-14-20(26)11-12-21(19)24(25)28-29-31;16-14-7-5-11-6-8-15-12(2-1-9-17-15)3-4-13(11)10-14;1-14(10(15)7-12-13-11)8-9-5-3-2-4-6-9/h2-8,11-14H,9-10,15-16H2,1H3;1-2,5,7,9-10H,3-4H2;2-6H,7-8H2,1H3. The molecule has 0 saturated carbocycles. The zero-order valence-corrected chi connectivity index (χ0v) is 36.9. The van der Waals surface area contributed by atoms with Crippen LogP contribution in [0.5, 0.6) is 0 Å². The zero-order valence-electron chi connectivity index (χ0n) is 35.4. The predicted molar refractivity (Wildman–Crippen MR) is 250 cm³/mol. The van der Waals surface area contributed by atoms with Crippen molar-refractivity contribution in [2.24, 2.45) is 5.11 Å². The van der Waals surface area contributed by atoms with Gasteiger partial charge in [-0.05, 0) is 113 Å². The first-order valence-electron chi connectivity index (χ1n) is 20.6. The van der Waals surface area contributed by atoms with E-state index < -0.39 is 0 Å². The van der Waals surface area contributed by atoms with E-state index in [1.807, 2.05) is 109 Å². The molecular formula is C50H44Cl2N10O2. The number of nitrogens with zero attached hydrogens (tertiary/aromatic N) is 10. The van der Waals surface area contributed by atoms with Gasteiger partial charge in [0.05, 0.1) is 5.69 Å². The average Bonchev–Trinajstić information content (AvgIpc) is 3.71. The number of aryl methyl sites for hydroxylation is 4. The third kappa shape index (κ3) is 11.6. The Morgan fingerprint density at radius 3 is 1.98 bits per heavy atom. The van der Waals surface area contributed by atoms with Crippen LogP contribution in [0.4, 0.5) is 0 Å². The molecule has 3 aromatic heterocycles. The number of azide groups is 1. The Balaban J connectivity index is 0.000000161. The normalized spacial score (nSPS) is 11.6. The quantitative estimate of drug-likeness (QED) is 0.0643. The summed E-state index contributed by atoms with van der Waals surface area (Å²) in [5, 5.41) is 13.6. The van der Waals surface area contributed by atoms with Gasteiger partial charge < -0.3 is 9.80 Å². The summed E-state index contributed by atoms with van der Waals surface area (Å²) in [6.07, 6.45) is 7.14. The summed E-state index contributed by atoms with van der Waals surface area (Å²) in [7, 11) is 3.49. The second-order valence-electron chi connectivity index (χ2n) is 15.2. The third-order valence-corrected chi connectivity index (χ3v) is 11.2. The Labute approximate surface area is 382 Å². The van der Waals surface area contributed by atoms with Gasteiger partial charge in [0, 0.05) is 65.7 Å². The summed E-state index contributed by atoms with van der Waals surface area (Å²) >= 11 is 12.3. The van der Waals surface area contributed by atoms with Crippen molar-refractivity contribution in [1.82, 2.24) is 34.8 Å². The summed E-state index contributed by atoms with van der Waals surface area (Å²) in [6, 6.07) is 39.3. The Hall–Kier alpha value is -7.29. The minimum absolute atomic E-state index is 0.0441. The summed E-state index contributed by atoms with van der Waals surface area (Å²) in [5.74, 6) is 6.09. The van der Waals surface area contributed by atoms with Gasteiger partial charge in [-0.1, -0.05) is 118 Å². The van der Waals surface area contributed by atoms with Gasteiger partial charge >= 0.3 is 0 Å². The summed E-state index contributed by atoms with van der Waals surface area (Å²) in [5.41, 5.74) is 20.1. The lowest BCUT2D eigenvalue weighted by Gasteiger charge is -2.19. The molecule has 0 aliphatic heterocycles. The first-order valence-corrected chi connectivity index (χ1v) is 21.4. The maximum absolute atomic E-state index is 13.1. The van der Waals surface area contributed by atoms with Gasteiger partial charge in [0.1, 0.15) is 30.2 Å². The van der Waals surface area contributed by atoms with Crippen LogP contribution in [0, 0.1) is 11.8 Å². The molecule has 0 unspecified atom stereocenters. The molecule has 0 spiro atoms. The second kappa shape index (κ2) is 21.7. The molecule has 2 amide bonds. The highest BCUT2D eigenvalue weighted by Gasteiger charge is 2.26. The van der Waals surface area contributed by atoms with Crippen LogP contribution in [0.15, 0.2) is 139 Å². The summed E-state index contributed by atoms with van der Waals surface area (Å²) in [4.78, 5) is 39.2. The fourth-order valence-corrected chi connectivity index (χ4v) is 7.74. The predicted octanol–water partition coefficient (Wildman–Crippen LogP) is 9.61. The van der Waals surface area contributed by atoms with Crippen LogP contribution in [0.2, 0.25) is 10.0 Å². The molecule has 0 N–H and O–H groups in total. The number of pyridine rings is 2. The number of halogens is 2. The average molecular weight is 888 g/mol. The van der Waals surface area contributed by atoms with Gasteiger partial charge in [-0.2, -0.15) is 0 Å². The molecule has 12 nitrogen and oxygen atoms in total. The molecule has 2 aliphatic rings. The molecule has 4 aromatic carbocycles. The summed E-state index contributed by atoms with van der Waals surface area (Å²) in [6.45, 7) is 1.03. The van der Waals surface area contributed by atoms with E-state index in [1.165, 1.54) is 16.0 Å². The molecule has 0 atom stereocenters. The zero-order chi connectivity index (χ0) is 44.8. The molecule has 14 heteroatoms. The van der Waals surface area contributed by atoms with E-state index in [4.69, 9.17) is 28.7 Å². The van der Waals surface area contributed by atoms with Crippen LogP contribution in [-0.4, -0.2) is 67.2 Å². The number of fused-ring (bicyclic) bond motifs is 7. The van der Waals surface area contributed by atoms with E-state index in [0.717, 1.165) is 86.9 Å². The topological polar surface area (TPSA) is 146 Å². The number of hydrogen-bond acceptors (Lipinski definition) is 7. The number of aromatic nitrogens is 5. The Kier molecular flexibility index (Phi) is 15.2. The molecular weight excluding hydrogens is 844 g/mol. The molecule has 3 heterocycles. The maximum atomic E-state index is 13.1. The fourth-order valence-electron chi connectivity index (χ4n) is 7.35. The van der Waals surface area contributed by atoms with Crippen molar-refractivity contribution in [2.75, 3.05) is 20.6 Å². The molecule has 0 bridgehead atoms. The number of likely N-dealkylation sites (N-methyl/N-ethyl adjacent to an activating group) is 2. The molecule has 64 heavy (non-hydrogen) atoms. The molecule has 2 aliphatic carbocycles. The first kappa shape index (κ1) is 44.8. The minimum atomic E-state index is -0.184. The van der Waals surface area contributed by atoms with Crippen LogP contribution in [-0.2, 0) is 54.9 Å². The van der Waals surface area contributed by atoms with E-state index in [-0.39, 0.29) is 24.9 Å². The van der Waals surface area contributed by atoms with Crippen molar-refractivity contribution in [3.63, 3.8) is 0 Å². The molecule has 0 saturated heterocycles. The van der Waals surface area contributed by atoms with Crippen LogP contribution in [0.3, 0.4) is 0 Å². The van der Waals surface area contributed by atoms with Crippen molar-refractivity contribution in [1.29, 1.82) is 0 Å². The van der Waals surface area contributed by atoms with Gasteiger partial charge in [0.15, 0.2) is 0 Å². The summed E-state index contributed by atoms with van der Waals surface area (Å²) < 4.78 is 1.68. The van der Waals surface area contributed by atoms with Crippen LogP contribution >= 0.6 is 23.2 Å². The highest BCUT2D eigenvalue weighted by Crippen LogP contribution is 2.37. The lowest BCUT2D eigenvalue weighted by atomic mass is 9.92. The van der Waals surface area contributed by atoms with E-state index in [9.17, 15) is 9.59 Å². The van der Waals surface area contributed by atoms with Crippen molar-refractivity contribution in [3.05, 3.63) is 199 Å². The smallest absolute Gasteiger partial charge is 0.244 e. The Bertz CT molecular complexity index is 2870. The highest BCUT2D eigenvalue weighted by atomic mass is 35.5. The largest absolute Gasteiger partial charge is 0.341 e. The van der Waals surface area contributed by atoms with Crippen LogP contribution < -0.4 is 0 Å². The number of hydrogen-bond donors (Lipinski definition) is 0. The second-order valence-corrected chi connectivity index (χ2v) is 16.1. The number of rotatable bonds is 8. The van der Waals surface area contributed by atoms with E-state index in [1.54, 1.807) is 36.1 Å². The van der Waals surface area contributed by atoms with Gasteiger partial charge in [-0.25, -0.2) is 9.67 Å². The number of amides is 2. The number of carbonyl (C=O) groups excluding carboxylic acids is 2. The minimum Gasteiger partial charge on any atom is -0.341 e. The molecule has 0 radical (unpaired) electrons. The van der Waals surface area contributed by atoms with Crippen LogP contribution in [0.25, 0.3) is 33.1 Å². The lowest BCUT2D eigenvalue weighted by molar-refractivity contribution is -0.131. The number of benzene rings is 4.